The quantitative estimate of drug-likeness (QED) is 0.883. The monoisotopic (exact) mass is 313 g/mol. The predicted octanol–water partition coefficient (Wildman–Crippen LogP) is 2.01. The maximum Gasteiger partial charge on any atom is 0.335 e. The number of carboxylic acid groups (broad SMARTS) is 1. The van der Waals surface area contributed by atoms with E-state index in [9.17, 15) is 9.90 Å². The van der Waals surface area contributed by atoms with Crippen molar-refractivity contribution in [3.63, 3.8) is 0 Å². The van der Waals surface area contributed by atoms with Gasteiger partial charge in [0.1, 0.15) is 18.0 Å². The molecule has 1 aliphatic heterocycles. The van der Waals surface area contributed by atoms with E-state index in [1.54, 1.807) is 18.2 Å². The summed E-state index contributed by atoms with van der Waals surface area (Å²) in [5, 5.41) is 19.2. The summed E-state index contributed by atoms with van der Waals surface area (Å²) in [4.78, 5) is 13.1. The molecule has 2 atom stereocenters. The molecule has 0 spiro atoms. The summed E-state index contributed by atoms with van der Waals surface area (Å²) < 4.78 is 5.83. The topological polar surface area (TPSA) is 70.0 Å². The number of rotatable bonds is 5. The molecule has 0 saturated carbocycles. The van der Waals surface area contributed by atoms with E-state index >= 15 is 0 Å². The standard InChI is InChI=1S/C18H19NO4/c20-16-11-19(10-13-5-4-6-14(9-13)18(21)22)12-17(16)23-15-7-2-1-3-8-15/h1-9,16-17,20H,10-12H2,(H,21,22)/t16-,17-/m1/s1. The first-order chi connectivity index (χ1) is 11.1. The first kappa shape index (κ1) is 15.5. The van der Waals surface area contributed by atoms with Crippen molar-refractivity contribution in [3.8, 4) is 5.75 Å². The van der Waals surface area contributed by atoms with Crippen molar-refractivity contribution in [2.45, 2.75) is 18.8 Å². The van der Waals surface area contributed by atoms with Crippen LogP contribution in [0, 0.1) is 0 Å². The van der Waals surface area contributed by atoms with Crippen LogP contribution in [0.4, 0.5) is 0 Å². The number of aliphatic hydroxyl groups is 1. The van der Waals surface area contributed by atoms with E-state index in [2.05, 4.69) is 4.90 Å². The molecule has 120 valence electrons. The minimum absolute atomic E-state index is 0.277. The summed E-state index contributed by atoms with van der Waals surface area (Å²) in [5.74, 6) is -0.190. The Labute approximate surface area is 134 Å². The van der Waals surface area contributed by atoms with Crippen molar-refractivity contribution in [2.24, 2.45) is 0 Å². The largest absolute Gasteiger partial charge is 0.486 e. The summed E-state index contributed by atoms with van der Waals surface area (Å²) in [7, 11) is 0. The van der Waals surface area contributed by atoms with Gasteiger partial charge >= 0.3 is 5.97 Å². The van der Waals surface area contributed by atoms with Gasteiger partial charge in [0.2, 0.25) is 0 Å². The van der Waals surface area contributed by atoms with E-state index < -0.39 is 12.1 Å². The van der Waals surface area contributed by atoms with Crippen LogP contribution in [-0.2, 0) is 6.54 Å². The lowest BCUT2D eigenvalue weighted by atomic mass is 10.1. The van der Waals surface area contributed by atoms with E-state index in [0.29, 0.717) is 19.6 Å². The maximum atomic E-state index is 11.0. The number of hydrogen-bond donors (Lipinski definition) is 2. The van der Waals surface area contributed by atoms with Crippen molar-refractivity contribution < 1.29 is 19.7 Å². The number of hydrogen-bond acceptors (Lipinski definition) is 4. The number of carbonyl (C=O) groups is 1. The zero-order valence-corrected chi connectivity index (χ0v) is 12.6. The van der Waals surface area contributed by atoms with Gasteiger partial charge in [0, 0.05) is 19.6 Å². The second-order valence-electron chi connectivity index (χ2n) is 5.74. The number of ether oxygens (including phenoxy) is 1. The first-order valence-electron chi connectivity index (χ1n) is 7.56. The lowest BCUT2D eigenvalue weighted by molar-refractivity contribution is 0.0696. The van der Waals surface area contributed by atoms with E-state index in [1.807, 2.05) is 36.4 Å². The molecule has 5 heteroatoms. The number of carboxylic acids is 1. The minimum Gasteiger partial charge on any atom is -0.486 e. The lowest BCUT2D eigenvalue weighted by Gasteiger charge is -2.17. The number of para-hydroxylation sites is 1. The smallest absolute Gasteiger partial charge is 0.335 e. The summed E-state index contributed by atoms with van der Waals surface area (Å²) in [5.41, 5.74) is 1.19. The first-order valence-corrected chi connectivity index (χ1v) is 7.56. The Balaban J connectivity index is 1.62. The highest BCUT2D eigenvalue weighted by Gasteiger charge is 2.32. The molecule has 2 aromatic carbocycles. The molecule has 23 heavy (non-hydrogen) atoms. The van der Waals surface area contributed by atoms with Gasteiger partial charge in [-0.25, -0.2) is 4.79 Å². The zero-order valence-electron chi connectivity index (χ0n) is 12.6. The van der Waals surface area contributed by atoms with Crippen LogP contribution >= 0.6 is 0 Å². The molecule has 2 aromatic rings. The Morgan fingerprint density at radius 3 is 2.65 bits per heavy atom. The van der Waals surface area contributed by atoms with Crippen LogP contribution in [0.3, 0.4) is 0 Å². The number of nitrogens with zero attached hydrogens (tertiary/aromatic N) is 1. The van der Waals surface area contributed by atoms with E-state index in [0.717, 1.165) is 11.3 Å². The molecule has 0 radical (unpaired) electrons. The van der Waals surface area contributed by atoms with Crippen molar-refractivity contribution in [3.05, 3.63) is 65.7 Å². The molecular formula is C18H19NO4. The fourth-order valence-corrected chi connectivity index (χ4v) is 2.81. The molecule has 1 fully saturated rings. The van der Waals surface area contributed by atoms with E-state index in [4.69, 9.17) is 9.84 Å². The van der Waals surface area contributed by atoms with Crippen LogP contribution in [0.2, 0.25) is 0 Å². The molecule has 5 nitrogen and oxygen atoms in total. The van der Waals surface area contributed by atoms with Gasteiger partial charge in [-0.1, -0.05) is 30.3 Å². The van der Waals surface area contributed by atoms with Gasteiger partial charge in [0.25, 0.3) is 0 Å². The Kier molecular flexibility index (Phi) is 4.60. The van der Waals surface area contributed by atoms with Crippen molar-refractivity contribution in [1.29, 1.82) is 0 Å². The normalized spacial score (nSPS) is 21.3. The van der Waals surface area contributed by atoms with Crippen LogP contribution in [0.5, 0.6) is 5.75 Å². The van der Waals surface area contributed by atoms with Crippen LogP contribution in [0.25, 0.3) is 0 Å². The van der Waals surface area contributed by atoms with Gasteiger partial charge in [0.05, 0.1) is 5.56 Å². The molecule has 0 aromatic heterocycles. The van der Waals surface area contributed by atoms with Crippen molar-refractivity contribution in [2.75, 3.05) is 13.1 Å². The molecule has 1 saturated heterocycles. The SMILES string of the molecule is O=C(O)c1cccc(CN2C[C@@H](O)[C@H](Oc3ccccc3)C2)c1. The van der Waals surface area contributed by atoms with Crippen LogP contribution < -0.4 is 4.74 Å². The molecule has 0 unspecified atom stereocenters. The fourth-order valence-electron chi connectivity index (χ4n) is 2.81. The third-order valence-corrected chi connectivity index (χ3v) is 3.92. The Hall–Kier alpha value is -2.37. The fraction of sp³-hybridized carbons (Fsp3) is 0.278. The van der Waals surface area contributed by atoms with E-state index in [1.165, 1.54) is 0 Å². The molecule has 1 aliphatic rings. The number of β-amino-alcohol motifs (C(OH)–C–C–N with tert-alkyl or cyclic N) is 1. The minimum atomic E-state index is -0.932. The molecule has 0 amide bonds. The van der Waals surface area contributed by atoms with Crippen molar-refractivity contribution >= 4 is 5.97 Å². The van der Waals surface area contributed by atoms with Gasteiger partial charge < -0.3 is 14.9 Å². The van der Waals surface area contributed by atoms with Crippen LogP contribution in [-0.4, -0.2) is 46.4 Å². The lowest BCUT2D eigenvalue weighted by Crippen LogP contribution is -2.29. The molecule has 1 heterocycles. The number of benzene rings is 2. The van der Waals surface area contributed by atoms with Crippen LogP contribution in [0.15, 0.2) is 54.6 Å². The Bertz CT molecular complexity index is 674. The summed E-state index contributed by atoms with van der Waals surface area (Å²) in [6.45, 7) is 1.70. The summed E-state index contributed by atoms with van der Waals surface area (Å²) in [6, 6.07) is 16.3. The van der Waals surface area contributed by atoms with Gasteiger partial charge in [-0.05, 0) is 29.8 Å². The van der Waals surface area contributed by atoms with Gasteiger partial charge in [-0.3, -0.25) is 4.90 Å². The molecule has 0 aliphatic carbocycles. The van der Waals surface area contributed by atoms with Gasteiger partial charge in [-0.2, -0.15) is 0 Å². The second-order valence-corrected chi connectivity index (χ2v) is 5.74. The molecule has 2 N–H and O–H groups in total. The maximum absolute atomic E-state index is 11.0. The summed E-state index contributed by atoms with van der Waals surface area (Å²) >= 11 is 0. The highest BCUT2D eigenvalue weighted by molar-refractivity contribution is 5.87. The second kappa shape index (κ2) is 6.81. The average molecular weight is 313 g/mol. The zero-order chi connectivity index (χ0) is 16.2. The number of likely N-dealkylation sites (tertiary alicyclic amines) is 1. The number of aliphatic hydroxyl groups excluding tert-OH is 1. The van der Waals surface area contributed by atoms with Gasteiger partial charge in [0.15, 0.2) is 0 Å². The van der Waals surface area contributed by atoms with Crippen LogP contribution in [0.1, 0.15) is 15.9 Å². The third-order valence-electron chi connectivity index (χ3n) is 3.92. The van der Waals surface area contributed by atoms with E-state index in [-0.39, 0.29) is 11.7 Å². The van der Waals surface area contributed by atoms with Crippen molar-refractivity contribution in [1.82, 2.24) is 4.90 Å². The Morgan fingerprint density at radius 1 is 1.13 bits per heavy atom. The molecular weight excluding hydrogens is 294 g/mol. The Morgan fingerprint density at radius 2 is 1.91 bits per heavy atom. The highest BCUT2D eigenvalue weighted by atomic mass is 16.5. The predicted molar refractivity (Wildman–Crippen MR) is 85.5 cm³/mol. The molecule has 3 rings (SSSR count). The summed E-state index contributed by atoms with van der Waals surface area (Å²) in [6.07, 6.45) is -0.835. The third kappa shape index (κ3) is 3.88. The van der Waals surface area contributed by atoms with Gasteiger partial charge in [-0.15, -0.1) is 0 Å². The highest BCUT2D eigenvalue weighted by Crippen LogP contribution is 2.20. The number of aromatic carboxylic acids is 1. The molecule has 0 bridgehead atoms. The average Bonchev–Trinajstić information content (AvgIpc) is 2.88.